The predicted octanol–water partition coefficient (Wildman–Crippen LogP) is 2.02. The highest BCUT2D eigenvalue weighted by Crippen LogP contribution is 2.07. The van der Waals surface area contributed by atoms with Crippen LogP contribution in [0.2, 0.25) is 0 Å². The van der Waals surface area contributed by atoms with Crippen LogP contribution in [0.1, 0.15) is 39.5 Å². The van der Waals surface area contributed by atoms with E-state index in [0.29, 0.717) is 17.0 Å². The Bertz CT molecular complexity index is 661. The number of hydrogen-bond donors (Lipinski definition) is 2. The summed E-state index contributed by atoms with van der Waals surface area (Å²) in [6, 6.07) is 0. The van der Waals surface area contributed by atoms with Crippen molar-refractivity contribution in [1.82, 2.24) is 19.7 Å². The number of aromatic amines is 1. The van der Waals surface area contributed by atoms with E-state index in [4.69, 9.17) is 0 Å². The Morgan fingerprint density at radius 1 is 1.40 bits per heavy atom. The van der Waals surface area contributed by atoms with Crippen molar-refractivity contribution in [3.05, 3.63) is 16.6 Å². The van der Waals surface area contributed by atoms with Gasteiger partial charge < -0.3 is 0 Å². The van der Waals surface area contributed by atoms with E-state index < -0.39 is 0 Å². The summed E-state index contributed by atoms with van der Waals surface area (Å²) in [4.78, 5) is 18.9. The Labute approximate surface area is 117 Å². The lowest BCUT2D eigenvalue weighted by Gasteiger charge is -2.05. The van der Waals surface area contributed by atoms with Gasteiger partial charge in [-0.15, -0.1) is 0 Å². The van der Waals surface area contributed by atoms with Gasteiger partial charge in [-0.2, -0.15) is 15.2 Å². The Morgan fingerprint density at radius 3 is 2.75 bits per heavy atom. The van der Waals surface area contributed by atoms with Crippen molar-refractivity contribution >= 4 is 22.7 Å². The highest BCUT2D eigenvalue weighted by molar-refractivity contribution is 5.85. The fourth-order valence-electron chi connectivity index (χ4n) is 2.03. The monoisotopic (exact) mass is 276 g/mol. The maximum atomic E-state index is 11.9. The van der Waals surface area contributed by atoms with E-state index in [-0.39, 0.29) is 5.56 Å². The van der Waals surface area contributed by atoms with E-state index in [1.54, 1.807) is 11.7 Å². The van der Waals surface area contributed by atoms with Crippen LogP contribution in [0.3, 0.4) is 0 Å². The van der Waals surface area contributed by atoms with Crippen LogP contribution in [0.15, 0.2) is 16.1 Å². The lowest BCUT2D eigenvalue weighted by atomic mass is 10.1. The number of fused-ring (bicyclic) bond motifs is 1. The summed E-state index contributed by atoms with van der Waals surface area (Å²) >= 11 is 0. The van der Waals surface area contributed by atoms with Crippen molar-refractivity contribution in [3.63, 3.8) is 0 Å². The molecule has 2 rings (SSSR count). The Kier molecular flexibility index (Phi) is 4.49. The van der Waals surface area contributed by atoms with Crippen LogP contribution in [-0.4, -0.2) is 25.5 Å². The predicted molar refractivity (Wildman–Crippen MR) is 80.0 cm³/mol. The standard InChI is InChI=1S/C13H20N6O/c1-4-6-9(7-5-2)17-18-13-15-11-10(12(20)16-13)8-14-19(11)3/h8H,4-7H2,1-3H3,(H2,15,16,18,20). The first-order valence-corrected chi connectivity index (χ1v) is 6.89. The fraction of sp³-hybridized carbons (Fsp3) is 0.538. The summed E-state index contributed by atoms with van der Waals surface area (Å²) < 4.78 is 1.57. The van der Waals surface area contributed by atoms with Crippen LogP contribution in [0.5, 0.6) is 0 Å². The van der Waals surface area contributed by atoms with Crippen molar-refractivity contribution < 1.29 is 0 Å². The molecule has 0 aliphatic heterocycles. The lowest BCUT2D eigenvalue weighted by Crippen LogP contribution is -2.12. The number of aryl methyl sites for hydroxylation is 1. The van der Waals surface area contributed by atoms with Gasteiger partial charge >= 0.3 is 0 Å². The molecule has 0 bridgehead atoms. The second kappa shape index (κ2) is 6.31. The van der Waals surface area contributed by atoms with Gasteiger partial charge in [-0.3, -0.25) is 14.5 Å². The van der Waals surface area contributed by atoms with E-state index >= 15 is 0 Å². The molecule has 2 heterocycles. The van der Waals surface area contributed by atoms with Crippen LogP contribution in [0, 0.1) is 0 Å². The van der Waals surface area contributed by atoms with Gasteiger partial charge in [-0.05, 0) is 12.8 Å². The van der Waals surface area contributed by atoms with E-state index in [2.05, 4.69) is 39.4 Å². The van der Waals surface area contributed by atoms with Crippen LogP contribution in [0.25, 0.3) is 11.0 Å². The van der Waals surface area contributed by atoms with Gasteiger partial charge in [0.1, 0.15) is 5.39 Å². The summed E-state index contributed by atoms with van der Waals surface area (Å²) in [6.45, 7) is 4.24. The van der Waals surface area contributed by atoms with Gasteiger partial charge in [0.05, 0.1) is 6.20 Å². The molecule has 0 atom stereocenters. The maximum absolute atomic E-state index is 11.9. The van der Waals surface area contributed by atoms with Crippen molar-refractivity contribution in [3.8, 4) is 0 Å². The normalized spacial score (nSPS) is 10.8. The number of hydrogen-bond acceptors (Lipinski definition) is 5. The number of anilines is 1. The van der Waals surface area contributed by atoms with Crippen LogP contribution >= 0.6 is 0 Å². The molecule has 0 amide bonds. The van der Waals surface area contributed by atoms with Crippen LogP contribution < -0.4 is 11.0 Å². The Morgan fingerprint density at radius 2 is 2.10 bits per heavy atom. The van der Waals surface area contributed by atoms with Crippen molar-refractivity contribution in [2.45, 2.75) is 39.5 Å². The molecule has 0 fully saturated rings. The average molecular weight is 276 g/mol. The number of H-pyrrole nitrogens is 1. The average Bonchev–Trinajstić information content (AvgIpc) is 2.79. The molecule has 7 heteroatoms. The molecule has 2 aromatic heterocycles. The first-order valence-electron chi connectivity index (χ1n) is 6.89. The van der Waals surface area contributed by atoms with Crippen molar-refractivity contribution in [2.24, 2.45) is 12.1 Å². The molecule has 0 unspecified atom stereocenters. The molecule has 0 aliphatic carbocycles. The SMILES string of the molecule is CCCC(CCC)=NNc1nc2c(cnn2C)c(=O)[nH]1. The molecule has 0 aliphatic rings. The van der Waals surface area contributed by atoms with Crippen molar-refractivity contribution in [2.75, 3.05) is 5.43 Å². The van der Waals surface area contributed by atoms with E-state index in [9.17, 15) is 4.79 Å². The van der Waals surface area contributed by atoms with Gasteiger partial charge in [0.25, 0.3) is 5.56 Å². The zero-order valence-electron chi connectivity index (χ0n) is 12.1. The van der Waals surface area contributed by atoms with Gasteiger partial charge in [0.2, 0.25) is 5.95 Å². The van der Waals surface area contributed by atoms with E-state index in [1.807, 2.05) is 0 Å². The molecule has 0 aromatic carbocycles. The minimum absolute atomic E-state index is 0.215. The summed E-state index contributed by atoms with van der Waals surface area (Å²) in [5.74, 6) is 0.343. The highest BCUT2D eigenvalue weighted by Gasteiger charge is 2.07. The third-order valence-electron chi connectivity index (χ3n) is 3.00. The smallest absolute Gasteiger partial charge is 0.263 e. The van der Waals surface area contributed by atoms with E-state index in [1.165, 1.54) is 6.20 Å². The quantitative estimate of drug-likeness (QED) is 0.624. The first-order chi connectivity index (χ1) is 9.65. The molecular weight excluding hydrogens is 256 g/mol. The topological polar surface area (TPSA) is 88.0 Å². The molecular formula is C13H20N6O. The fourth-order valence-corrected chi connectivity index (χ4v) is 2.03. The highest BCUT2D eigenvalue weighted by atomic mass is 16.1. The third kappa shape index (κ3) is 3.04. The molecule has 0 spiro atoms. The Balaban J connectivity index is 2.27. The molecule has 2 aromatic rings. The lowest BCUT2D eigenvalue weighted by molar-refractivity contribution is 0.785. The largest absolute Gasteiger partial charge is 0.291 e. The molecule has 0 radical (unpaired) electrons. The summed E-state index contributed by atoms with van der Waals surface area (Å²) in [5.41, 5.74) is 4.26. The Hall–Kier alpha value is -2.18. The van der Waals surface area contributed by atoms with Crippen LogP contribution in [0.4, 0.5) is 5.95 Å². The van der Waals surface area contributed by atoms with E-state index in [0.717, 1.165) is 31.4 Å². The maximum Gasteiger partial charge on any atom is 0.263 e. The zero-order valence-corrected chi connectivity index (χ0v) is 12.1. The summed E-state index contributed by atoms with van der Waals surface area (Å²) in [6.07, 6.45) is 5.49. The second-order valence-electron chi connectivity index (χ2n) is 4.71. The van der Waals surface area contributed by atoms with Gasteiger partial charge in [0, 0.05) is 12.8 Å². The number of nitrogens with zero attached hydrogens (tertiary/aromatic N) is 4. The summed E-state index contributed by atoms with van der Waals surface area (Å²) in [7, 11) is 1.75. The number of rotatable bonds is 6. The van der Waals surface area contributed by atoms with Crippen molar-refractivity contribution in [1.29, 1.82) is 0 Å². The molecule has 108 valence electrons. The molecule has 0 saturated heterocycles. The van der Waals surface area contributed by atoms with Gasteiger partial charge in [-0.25, -0.2) is 5.43 Å². The first kappa shape index (κ1) is 14.2. The van der Waals surface area contributed by atoms with Gasteiger partial charge in [0.15, 0.2) is 5.65 Å². The summed E-state index contributed by atoms with van der Waals surface area (Å²) in [5, 5.41) is 8.84. The molecule has 20 heavy (non-hydrogen) atoms. The molecule has 0 saturated carbocycles. The second-order valence-corrected chi connectivity index (χ2v) is 4.71. The number of hydrazone groups is 1. The van der Waals surface area contributed by atoms with Crippen LogP contribution in [-0.2, 0) is 7.05 Å². The third-order valence-corrected chi connectivity index (χ3v) is 3.00. The molecule has 7 nitrogen and oxygen atoms in total. The number of nitrogens with one attached hydrogen (secondary N) is 2. The zero-order chi connectivity index (χ0) is 14.5. The van der Waals surface area contributed by atoms with Gasteiger partial charge in [-0.1, -0.05) is 26.7 Å². The minimum atomic E-state index is -0.215. The number of aromatic nitrogens is 4. The minimum Gasteiger partial charge on any atom is -0.291 e. The molecule has 2 N–H and O–H groups in total.